The van der Waals surface area contributed by atoms with Crippen LogP contribution in [0.1, 0.15) is 47.6 Å². The molecular formula is C18H21N5O. The molecule has 1 amide bonds. The Morgan fingerprint density at radius 1 is 1.33 bits per heavy atom. The summed E-state index contributed by atoms with van der Waals surface area (Å²) in [5, 5.41) is 17.1. The summed E-state index contributed by atoms with van der Waals surface area (Å²) in [6, 6.07) is 10.2. The van der Waals surface area contributed by atoms with Gasteiger partial charge in [-0.3, -0.25) is 9.48 Å². The quantitative estimate of drug-likeness (QED) is 0.902. The maximum absolute atomic E-state index is 11.8. The number of nitrogens with zero attached hydrogens (tertiary/aromatic N) is 3. The summed E-state index contributed by atoms with van der Waals surface area (Å²) in [6.07, 6.45) is 5.55. The van der Waals surface area contributed by atoms with Gasteiger partial charge in [0, 0.05) is 11.9 Å². The summed E-state index contributed by atoms with van der Waals surface area (Å²) >= 11 is 0. The second kappa shape index (κ2) is 6.75. The number of benzene rings is 1. The number of rotatable bonds is 4. The zero-order valence-corrected chi connectivity index (χ0v) is 13.7. The molecule has 1 aromatic heterocycles. The third-order valence-electron chi connectivity index (χ3n) is 4.55. The molecule has 1 aliphatic carbocycles. The van der Waals surface area contributed by atoms with Crippen molar-refractivity contribution in [2.75, 3.05) is 5.32 Å². The van der Waals surface area contributed by atoms with Crippen LogP contribution in [0.4, 0.5) is 11.5 Å². The molecule has 0 unspecified atom stereocenters. The molecule has 1 aliphatic rings. The topological polar surface area (TPSA) is 96.7 Å². The molecule has 1 aromatic carbocycles. The van der Waals surface area contributed by atoms with Crippen molar-refractivity contribution in [2.45, 2.75) is 38.6 Å². The summed E-state index contributed by atoms with van der Waals surface area (Å²) in [6.45, 7) is 2.01. The van der Waals surface area contributed by atoms with Crippen LogP contribution in [-0.4, -0.2) is 15.7 Å². The van der Waals surface area contributed by atoms with Crippen molar-refractivity contribution in [1.29, 1.82) is 5.26 Å². The van der Waals surface area contributed by atoms with Gasteiger partial charge in [0.15, 0.2) is 5.82 Å². The first-order chi connectivity index (χ1) is 11.6. The van der Waals surface area contributed by atoms with Gasteiger partial charge in [-0.2, -0.15) is 10.4 Å². The van der Waals surface area contributed by atoms with E-state index in [0.29, 0.717) is 11.4 Å². The van der Waals surface area contributed by atoms with Gasteiger partial charge in [-0.25, -0.2) is 0 Å². The monoisotopic (exact) mass is 323 g/mol. The normalized spacial score (nSPS) is 20.3. The molecule has 3 rings (SSSR count). The Morgan fingerprint density at radius 2 is 2.04 bits per heavy atom. The number of carbonyl (C=O) groups excluding carboxylic acids is 1. The van der Waals surface area contributed by atoms with Crippen molar-refractivity contribution >= 4 is 17.4 Å². The number of aromatic nitrogens is 2. The zero-order chi connectivity index (χ0) is 17.1. The van der Waals surface area contributed by atoms with Crippen molar-refractivity contribution in [1.82, 2.24) is 9.78 Å². The molecule has 0 radical (unpaired) electrons. The summed E-state index contributed by atoms with van der Waals surface area (Å²) in [7, 11) is 0. The predicted molar refractivity (Wildman–Crippen MR) is 91.8 cm³/mol. The number of aryl methyl sites for hydroxylation is 1. The maximum Gasteiger partial charge on any atom is 0.254 e. The van der Waals surface area contributed by atoms with Crippen LogP contribution in [-0.2, 0) is 0 Å². The van der Waals surface area contributed by atoms with E-state index in [2.05, 4.69) is 16.5 Å². The van der Waals surface area contributed by atoms with Crippen LogP contribution in [0.5, 0.6) is 0 Å². The summed E-state index contributed by atoms with van der Waals surface area (Å²) in [5.41, 5.74) is 7.84. The minimum absolute atomic E-state index is 0.00424. The van der Waals surface area contributed by atoms with E-state index < -0.39 is 5.91 Å². The maximum atomic E-state index is 11.8. The number of primary amides is 1. The van der Waals surface area contributed by atoms with E-state index in [-0.39, 0.29) is 12.0 Å². The Hall–Kier alpha value is -2.81. The first kappa shape index (κ1) is 16.1. The Kier molecular flexibility index (Phi) is 4.52. The number of anilines is 2. The largest absolute Gasteiger partial charge is 0.365 e. The van der Waals surface area contributed by atoms with Gasteiger partial charge in [0.2, 0.25) is 0 Å². The molecule has 1 heterocycles. The average Bonchev–Trinajstić information content (AvgIpc) is 3.01. The SMILES string of the molecule is Cc1ccc(Nc2nn([C@H]3CCCC[C@H]3C#N)cc2C(N)=O)cc1. The summed E-state index contributed by atoms with van der Waals surface area (Å²) in [4.78, 5) is 11.8. The summed E-state index contributed by atoms with van der Waals surface area (Å²) in [5.74, 6) is -0.166. The number of hydrogen-bond acceptors (Lipinski definition) is 4. The van der Waals surface area contributed by atoms with Crippen LogP contribution in [0, 0.1) is 24.2 Å². The first-order valence-corrected chi connectivity index (χ1v) is 8.20. The summed E-state index contributed by atoms with van der Waals surface area (Å²) < 4.78 is 1.74. The molecule has 2 atom stereocenters. The van der Waals surface area contributed by atoms with E-state index in [4.69, 9.17) is 5.73 Å². The van der Waals surface area contributed by atoms with Crippen LogP contribution in [0.15, 0.2) is 30.5 Å². The van der Waals surface area contributed by atoms with E-state index >= 15 is 0 Å². The van der Waals surface area contributed by atoms with Gasteiger partial charge in [0.05, 0.1) is 18.0 Å². The van der Waals surface area contributed by atoms with E-state index in [1.807, 2.05) is 31.2 Å². The highest BCUT2D eigenvalue weighted by Crippen LogP contribution is 2.34. The Morgan fingerprint density at radius 3 is 2.71 bits per heavy atom. The number of amides is 1. The molecule has 0 bridgehead atoms. The molecule has 24 heavy (non-hydrogen) atoms. The first-order valence-electron chi connectivity index (χ1n) is 8.20. The molecule has 6 heteroatoms. The standard InChI is InChI=1S/C18H21N5O/c1-12-6-8-14(9-7-12)21-18-15(17(20)24)11-23(22-18)16-5-3-2-4-13(16)10-19/h6-9,11,13,16H,2-5H2,1H3,(H2,20,24)(H,21,22)/t13-,16-/m0/s1. The third-order valence-corrected chi connectivity index (χ3v) is 4.55. The second-order valence-electron chi connectivity index (χ2n) is 6.31. The average molecular weight is 323 g/mol. The fourth-order valence-electron chi connectivity index (χ4n) is 3.19. The molecule has 1 fully saturated rings. The smallest absolute Gasteiger partial charge is 0.254 e. The van der Waals surface area contributed by atoms with Crippen molar-refractivity contribution in [3.05, 3.63) is 41.6 Å². The van der Waals surface area contributed by atoms with Gasteiger partial charge in [-0.1, -0.05) is 30.5 Å². The lowest BCUT2D eigenvalue weighted by molar-refractivity contribution is 0.100. The molecule has 0 spiro atoms. The van der Waals surface area contributed by atoms with Gasteiger partial charge >= 0.3 is 0 Å². The van der Waals surface area contributed by atoms with Crippen LogP contribution in [0.25, 0.3) is 0 Å². The number of nitrogens with two attached hydrogens (primary N) is 1. The van der Waals surface area contributed by atoms with Gasteiger partial charge < -0.3 is 11.1 Å². The molecule has 3 N–H and O–H groups in total. The number of nitriles is 1. The highest BCUT2D eigenvalue weighted by atomic mass is 16.1. The minimum atomic E-state index is -0.528. The van der Waals surface area contributed by atoms with Crippen molar-refractivity contribution in [2.24, 2.45) is 11.7 Å². The molecule has 0 saturated heterocycles. The van der Waals surface area contributed by atoms with Crippen LogP contribution in [0.3, 0.4) is 0 Å². The number of nitrogens with one attached hydrogen (secondary N) is 1. The van der Waals surface area contributed by atoms with E-state index in [1.54, 1.807) is 10.9 Å². The van der Waals surface area contributed by atoms with Gasteiger partial charge in [0.25, 0.3) is 5.91 Å². The van der Waals surface area contributed by atoms with Gasteiger partial charge in [-0.15, -0.1) is 0 Å². The van der Waals surface area contributed by atoms with Crippen molar-refractivity contribution in [3.63, 3.8) is 0 Å². The lowest BCUT2D eigenvalue weighted by Crippen LogP contribution is -2.22. The number of hydrogen-bond donors (Lipinski definition) is 2. The fraction of sp³-hybridized carbons (Fsp3) is 0.389. The molecule has 1 saturated carbocycles. The molecule has 124 valence electrons. The lowest BCUT2D eigenvalue weighted by atomic mass is 9.85. The highest BCUT2D eigenvalue weighted by Gasteiger charge is 2.28. The third kappa shape index (κ3) is 3.25. The van der Waals surface area contributed by atoms with E-state index in [9.17, 15) is 10.1 Å². The van der Waals surface area contributed by atoms with Crippen LogP contribution in [0.2, 0.25) is 0 Å². The van der Waals surface area contributed by atoms with Crippen LogP contribution < -0.4 is 11.1 Å². The van der Waals surface area contributed by atoms with Crippen LogP contribution >= 0.6 is 0 Å². The molecule has 0 aliphatic heterocycles. The Labute approximate surface area is 141 Å². The minimum Gasteiger partial charge on any atom is -0.365 e. The van der Waals surface area contributed by atoms with Crippen molar-refractivity contribution in [3.8, 4) is 6.07 Å². The van der Waals surface area contributed by atoms with E-state index in [0.717, 1.165) is 36.9 Å². The highest BCUT2D eigenvalue weighted by molar-refractivity contribution is 5.98. The second-order valence-corrected chi connectivity index (χ2v) is 6.31. The van der Waals surface area contributed by atoms with Gasteiger partial charge in [-0.05, 0) is 31.9 Å². The fourth-order valence-corrected chi connectivity index (χ4v) is 3.19. The van der Waals surface area contributed by atoms with Crippen molar-refractivity contribution < 1.29 is 4.79 Å². The predicted octanol–water partition coefficient (Wildman–Crippen LogP) is 3.29. The number of carbonyl (C=O) groups is 1. The Balaban J connectivity index is 1.91. The molecule has 2 aromatic rings. The Bertz CT molecular complexity index is 772. The molecule has 6 nitrogen and oxygen atoms in total. The zero-order valence-electron chi connectivity index (χ0n) is 13.7. The lowest BCUT2D eigenvalue weighted by Gasteiger charge is -2.26. The molecular weight excluding hydrogens is 302 g/mol. The van der Waals surface area contributed by atoms with E-state index in [1.165, 1.54) is 0 Å². The van der Waals surface area contributed by atoms with Gasteiger partial charge in [0.1, 0.15) is 5.56 Å².